The van der Waals surface area contributed by atoms with E-state index < -0.39 is 0 Å². The second-order valence-electron chi connectivity index (χ2n) is 4.22. The number of ether oxygens (including phenoxy) is 4. The van der Waals surface area contributed by atoms with Gasteiger partial charge in [-0.15, -0.1) is 23.5 Å². The molecule has 0 aromatic rings. The molecule has 0 heterocycles. The number of carbonyl (C=O) groups is 2. The Hall–Kier alpha value is -0.520. The monoisotopic (exact) mass is 386 g/mol. The SMILES string of the molecule is O=C(CSCCOCCOCCSCC(=O)OCCO)OCCO. The maximum atomic E-state index is 11.1. The van der Waals surface area contributed by atoms with E-state index in [1.54, 1.807) is 0 Å². The van der Waals surface area contributed by atoms with Crippen molar-refractivity contribution in [2.75, 3.05) is 75.9 Å². The molecule has 0 aromatic carbocycles. The number of hydrogen-bond acceptors (Lipinski definition) is 10. The van der Waals surface area contributed by atoms with Crippen molar-refractivity contribution >= 4 is 35.5 Å². The number of rotatable bonds is 17. The first kappa shape index (κ1) is 23.5. The third-order valence-corrected chi connectivity index (χ3v) is 4.05. The van der Waals surface area contributed by atoms with Crippen LogP contribution in [0.3, 0.4) is 0 Å². The lowest BCUT2D eigenvalue weighted by atomic mass is 10.7. The Morgan fingerprint density at radius 2 is 1.08 bits per heavy atom. The lowest BCUT2D eigenvalue weighted by molar-refractivity contribution is -0.142. The number of aliphatic hydroxyl groups excluding tert-OH is 2. The number of thioether (sulfide) groups is 2. The van der Waals surface area contributed by atoms with Gasteiger partial charge in [-0.25, -0.2) is 0 Å². The molecule has 0 rings (SSSR count). The van der Waals surface area contributed by atoms with E-state index in [9.17, 15) is 9.59 Å². The molecule has 0 aliphatic carbocycles. The van der Waals surface area contributed by atoms with Crippen LogP contribution in [0.1, 0.15) is 0 Å². The predicted octanol–water partition coefficient (Wildman–Crippen LogP) is -0.443. The summed E-state index contributed by atoms with van der Waals surface area (Å²) in [6, 6.07) is 0. The molecule has 0 aliphatic rings. The first-order chi connectivity index (χ1) is 11.7. The van der Waals surface area contributed by atoms with E-state index in [2.05, 4.69) is 0 Å². The summed E-state index contributed by atoms with van der Waals surface area (Å²) < 4.78 is 20.1. The zero-order valence-electron chi connectivity index (χ0n) is 13.6. The van der Waals surface area contributed by atoms with Crippen molar-refractivity contribution in [3.63, 3.8) is 0 Å². The molecule has 0 unspecified atom stereocenters. The molecule has 0 spiro atoms. The fraction of sp³-hybridized carbons (Fsp3) is 0.857. The molecule has 2 N–H and O–H groups in total. The van der Waals surface area contributed by atoms with Crippen LogP contribution in [0.15, 0.2) is 0 Å². The Bertz CT molecular complexity index is 287. The van der Waals surface area contributed by atoms with Gasteiger partial charge in [-0.1, -0.05) is 0 Å². The fourth-order valence-electron chi connectivity index (χ4n) is 1.27. The molecule has 142 valence electrons. The molecule has 0 aliphatic heterocycles. The van der Waals surface area contributed by atoms with Crippen LogP contribution < -0.4 is 0 Å². The van der Waals surface area contributed by atoms with Crippen LogP contribution in [0.2, 0.25) is 0 Å². The summed E-state index contributed by atoms with van der Waals surface area (Å²) >= 11 is 2.82. The van der Waals surface area contributed by atoms with Crippen molar-refractivity contribution in [3.05, 3.63) is 0 Å². The predicted molar refractivity (Wildman–Crippen MR) is 92.4 cm³/mol. The number of carbonyl (C=O) groups excluding carboxylic acids is 2. The number of aliphatic hydroxyl groups is 2. The minimum absolute atomic E-state index is 0.0371. The molecule has 0 saturated carbocycles. The van der Waals surface area contributed by atoms with Gasteiger partial charge in [-0.3, -0.25) is 9.59 Å². The highest BCUT2D eigenvalue weighted by atomic mass is 32.2. The molecule has 10 heteroatoms. The zero-order valence-corrected chi connectivity index (χ0v) is 15.3. The van der Waals surface area contributed by atoms with E-state index in [1.807, 2.05) is 0 Å². The topological polar surface area (TPSA) is 112 Å². The summed E-state index contributed by atoms with van der Waals surface area (Å²) in [7, 11) is 0. The molecule has 0 fully saturated rings. The summed E-state index contributed by atoms with van der Waals surface area (Å²) in [5, 5.41) is 17.0. The summed E-state index contributed by atoms with van der Waals surface area (Å²) in [5.74, 6) is 1.18. The Morgan fingerprint density at radius 1 is 0.667 bits per heavy atom. The van der Waals surface area contributed by atoms with Gasteiger partial charge in [0.15, 0.2) is 0 Å². The van der Waals surface area contributed by atoms with Crippen LogP contribution in [0.25, 0.3) is 0 Å². The van der Waals surface area contributed by atoms with Gasteiger partial charge >= 0.3 is 11.9 Å². The van der Waals surface area contributed by atoms with Gasteiger partial charge < -0.3 is 29.2 Å². The van der Waals surface area contributed by atoms with Gasteiger partial charge in [0.05, 0.1) is 51.1 Å². The smallest absolute Gasteiger partial charge is 0.315 e. The van der Waals surface area contributed by atoms with Crippen LogP contribution >= 0.6 is 23.5 Å². The largest absolute Gasteiger partial charge is 0.463 e. The molecular formula is C14H26O8S2. The van der Waals surface area contributed by atoms with Crippen LogP contribution in [0.4, 0.5) is 0 Å². The number of hydrogen-bond donors (Lipinski definition) is 2. The Labute approximate surface area is 150 Å². The molecular weight excluding hydrogens is 360 g/mol. The highest BCUT2D eigenvalue weighted by molar-refractivity contribution is 8.00. The highest BCUT2D eigenvalue weighted by Crippen LogP contribution is 2.01. The first-order valence-corrected chi connectivity index (χ1v) is 9.85. The molecule has 8 nitrogen and oxygen atoms in total. The van der Waals surface area contributed by atoms with Gasteiger partial charge in [0, 0.05) is 11.5 Å². The Balaban J connectivity index is 3.15. The molecule has 0 atom stereocenters. The lowest BCUT2D eigenvalue weighted by Gasteiger charge is -2.06. The lowest BCUT2D eigenvalue weighted by Crippen LogP contribution is -2.13. The van der Waals surface area contributed by atoms with Crippen molar-refractivity contribution < 1.29 is 38.7 Å². The van der Waals surface area contributed by atoms with Crippen LogP contribution in [0.5, 0.6) is 0 Å². The Kier molecular flexibility index (Phi) is 18.4. The molecule has 0 bridgehead atoms. The normalized spacial score (nSPS) is 10.6. The zero-order chi connectivity index (χ0) is 17.9. The van der Waals surface area contributed by atoms with Crippen molar-refractivity contribution in [3.8, 4) is 0 Å². The third-order valence-electron chi connectivity index (χ3n) is 2.26. The van der Waals surface area contributed by atoms with Crippen LogP contribution in [0, 0.1) is 0 Å². The van der Waals surface area contributed by atoms with Gasteiger partial charge in [-0.2, -0.15) is 0 Å². The second-order valence-corrected chi connectivity index (χ2v) is 6.43. The van der Waals surface area contributed by atoms with Gasteiger partial charge in [0.25, 0.3) is 0 Å². The maximum Gasteiger partial charge on any atom is 0.315 e. The molecule has 0 saturated heterocycles. The summed E-state index contributed by atoms with van der Waals surface area (Å²) in [4.78, 5) is 22.2. The number of esters is 2. The summed E-state index contributed by atoms with van der Waals surface area (Å²) in [6.45, 7) is 1.74. The molecule has 24 heavy (non-hydrogen) atoms. The van der Waals surface area contributed by atoms with Gasteiger partial charge in [-0.05, 0) is 0 Å². The minimum atomic E-state index is -0.338. The molecule has 0 amide bonds. The molecule has 0 aromatic heterocycles. The minimum Gasteiger partial charge on any atom is -0.463 e. The van der Waals surface area contributed by atoms with Crippen molar-refractivity contribution in [2.45, 2.75) is 0 Å². The van der Waals surface area contributed by atoms with Gasteiger partial charge in [0.1, 0.15) is 13.2 Å². The Morgan fingerprint density at radius 3 is 1.46 bits per heavy atom. The third kappa shape index (κ3) is 17.8. The fourth-order valence-corrected chi connectivity index (χ4v) is 2.53. The summed E-state index contributed by atoms with van der Waals surface area (Å²) in [6.07, 6.45) is 0. The summed E-state index contributed by atoms with van der Waals surface area (Å²) in [5.41, 5.74) is 0. The first-order valence-electron chi connectivity index (χ1n) is 7.54. The van der Waals surface area contributed by atoms with Gasteiger partial charge in [0.2, 0.25) is 0 Å². The van der Waals surface area contributed by atoms with E-state index >= 15 is 0 Å². The standard InChI is InChI=1S/C14H26O8S2/c15-1-3-21-13(17)11-23-9-7-19-5-6-20-8-10-24-12-14(18)22-4-2-16/h15-16H,1-12H2. The van der Waals surface area contributed by atoms with Crippen molar-refractivity contribution in [1.82, 2.24) is 0 Å². The van der Waals surface area contributed by atoms with Crippen LogP contribution in [-0.4, -0.2) is 98.0 Å². The van der Waals surface area contributed by atoms with E-state index in [0.29, 0.717) is 37.9 Å². The highest BCUT2D eigenvalue weighted by Gasteiger charge is 2.03. The quantitative estimate of drug-likeness (QED) is 0.252. The van der Waals surface area contributed by atoms with Crippen molar-refractivity contribution in [2.24, 2.45) is 0 Å². The average molecular weight is 386 g/mol. The van der Waals surface area contributed by atoms with Crippen LogP contribution in [-0.2, 0) is 28.5 Å². The average Bonchev–Trinajstić information content (AvgIpc) is 2.58. The maximum absolute atomic E-state index is 11.1. The van der Waals surface area contributed by atoms with E-state index in [1.165, 1.54) is 23.5 Å². The van der Waals surface area contributed by atoms with E-state index in [4.69, 9.17) is 29.2 Å². The van der Waals surface area contributed by atoms with Crippen molar-refractivity contribution in [1.29, 1.82) is 0 Å². The second kappa shape index (κ2) is 18.8. The van der Waals surface area contributed by atoms with E-state index in [0.717, 1.165) is 0 Å². The van der Waals surface area contributed by atoms with E-state index in [-0.39, 0.29) is 49.9 Å². The molecule has 0 radical (unpaired) electrons.